The Kier molecular flexibility index (Phi) is 8.27. The van der Waals surface area contributed by atoms with Crippen LogP contribution in [0.4, 0.5) is 30.2 Å². The van der Waals surface area contributed by atoms with E-state index >= 15 is 0 Å². The third kappa shape index (κ3) is 5.79. The highest BCUT2D eigenvalue weighted by molar-refractivity contribution is 6.13. The van der Waals surface area contributed by atoms with Gasteiger partial charge in [-0.05, 0) is 131 Å². The molecule has 0 saturated carbocycles. The molecule has 10 heteroatoms. The molecule has 276 valence electrons. The zero-order valence-electron chi connectivity index (χ0n) is 30.9. The summed E-state index contributed by atoms with van der Waals surface area (Å²) in [6.07, 6.45) is -4.51. The summed E-state index contributed by atoms with van der Waals surface area (Å²) in [4.78, 5) is 11.1. The molecule has 59 heavy (non-hydrogen) atoms. The van der Waals surface area contributed by atoms with Crippen LogP contribution < -0.4 is 0 Å². The minimum absolute atomic E-state index is 0.363. The maximum Gasteiger partial charge on any atom is 0.416 e. The highest BCUT2D eigenvalue weighted by Crippen LogP contribution is 2.45. The van der Waals surface area contributed by atoms with Gasteiger partial charge in [0.1, 0.15) is 0 Å². The van der Waals surface area contributed by atoms with Crippen molar-refractivity contribution in [3.63, 3.8) is 0 Å². The Hall–Kier alpha value is -8.62. The van der Waals surface area contributed by atoms with Gasteiger partial charge in [-0.25, -0.2) is 14.5 Å². The number of aromatic nitrogens is 2. The molecule has 0 fully saturated rings. The van der Waals surface area contributed by atoms with Crippen LogP contribution in [0.1, 0.15) is 22.3 Å². The maximum atomic E-state index is 13.8. The van der Waals surface area contributed by atoms with E-state index in [0.29, 0.717) is 67.4 Å². The van der Waals surface area contributed by atoms with Crippen LogP contribution in [-0.2, 0) is 6.18 Å². The van der Waals surface area contributed by atoms with Gasteiger partial charge in [0.05, 0.1) is 82.0 Å². The molecule has 2 aromatic heterocycles. The van der Waals surface area contributed by atoms with E-state index in [1.165, 1.54) is 6.07 Å². The molecule has 0 aliphatic carbocycles. The topological polar surface area (TPSA) is 70.5 Å². The van der Waals surface area contributed by atoms with Crippen molar-refractivity contribution in [2.45, 2.75) is 13.1 Å². The molecule has 0 aliphatic rings. The number of alkyl halides is 3. The lowest BCUT2D eigenvalue weighted by Gasteiger charge is -2.21. The number of nitriles is 2. The smallest absolute Gasteiger partial charge is 0.309 e. The molecule has 0 spiro atoms. The number of rotatable bonds is 4. The zero-order chi connectivity index (χ0) is 41.2. The van der Waals surface area contributed by atoms with Gasteiger partial charge in [0.25, 0.3) is 0 Å². The fraction of sp³-hybridized carbons (Fsp3) is 0.0408. The normalized spacial score (nSPS) is 11.3. The van der Waals surface area contributed by atoms with Crippen molar-refractivity contribution in [2.75, 3.05) is 0 Å². The van der Waals surface area contributed by atoms with Gasteiger partial charge in [0.2, 0.25) is 0 Å². The van der Waals surface area contributed by atoms with E-state index < -0.39 is 11.7 Å². The van der Waals surface area contributed by atoms with Crippen molar-refractivity contribution in [1.82, 2.24) is 9.13 Å². The van der Waals surface area contributed by atoms with E-state index in [4.69, 9.17) is 19.7 Å². The number of hydrogen-bond donors (Lipinski definition) is 0. The van der Waals surface area contributed by atoms with Crippen LogP contribution >= 0.6 is 0 Å². The van der Waals surface area contributed by atoms with E-state index in [-0.39, 0.29) is 0 Å². The van der Waals surface area contributed by atoms with Crippen LogP contribution in [-0.4, -0.2) is 9.13 Å². The largest absolute Gasteiger partial charge is 0.416 e. The molecule has 0 atom stereocenters. The summed E-state index contributed by atoms with van der Waals surface area (Å²) in [6.45, 7) is 25.2. The van der Waals surface area contributed by atoms with Crippen LogP contribution in [0.2, 0.25) is 0 Å². The predicted molar refractivity (Wildman–Crippen MR) is 224 cm³/mol. The summed E-state index contributed by atoms with van der Waals surface area (Å²) in [6, 6.07) is 40.7. The monoisotopic (exact) mass is 767 g/mol. The van der Waals surface area contributed by atoms with E-state index in [1.54, 1.807) is 67.6 Å². The third-order valence-corrected chi connectivity index (χ3v) is 10.8. The highest BCUT2D eigenvalue weighted by atomic mass is 19.4. The second-order valence-electron chi connectivity index (χ2n) is 14.1. The molecule has 0 saturated heterocycles. The maximum absolute atomic E-state index is 13.8. The van der Waals surface area contributed by atoms with Crippen molar-refractivity contribution in [2.24, 2.45) is 0 Å². The lowest BCUT2D eigenvalue weighted by molar-refractivity contribution is -0.137. The van der Waals surface area contributed by atoms with Crippen molar-refractivity contribution in [3.8, 4) is 45.8 Å². The Morgan fingerprint density at radius 2 is 0.966 bits per heavy atom. The molecule has 0 unspecified atom stereocenters. The Bertz CT molecular complexity index is 3370. The lowest BCUT2D eigenvalue weighted by Crippen LogP contribution is -2.05. The molecule has 0 bridgehead atoms. The van der Waals surface area contributed by atoms with Crippen LogP contribution in [0.5, 0.6) is 0 Å². The number of fused-ring (bicyclic) bond motifs is 6. The summed E-state index contributed by atoms with van der Waals surface area (Å²) in [5.74, 6) is 0. The Morgan fingerprint density at radius 3 is 1.47 bits per heavy atom. The second-order valence-corrected chi connectivity index (χ2v) is 14.1. The lowest BCUT2D eigenvalue weighted by atomic mass is 9.93. The summed E-state index contributed by atoms with van der Waals surface area (Å²) >= 11 is 0. The standard InChI is InChI=1S/C49H24F3N7/c1-28-19-32(49(50,51)52)8-13-36(28)31-7-12-37(48(22-31)59-46-17-10-34(56-3)24-41(46)42-25-35(57-4)11-18-47(42)59)40-23-33(55-2)9-16-45(40)58-43-14-5-29(26-53)20-38(43)39-21-30(27-54)6-15-44(39)58/h5-25H,1H3. The molecule has 0 N–H and O–H groups in total. The number of halogens is 3. The van der Waals surface area contributed by atoms with E-state index in [1.807, 2.05) is 57.7 Å². The summed E-state index contributed by atoms with van der Waals surface area (Å²) < 4.78 is 45.5. The molecule has 0 aliphatic heterocycles. The minimum atomic E-state index is -4.51. The first-order valence-electron chi connectivity index (χ1n) is 18.1. The average Bonchev–Trinajstić information content (AvgIpc) is 3.76. The number of benzene rings is 7. The van der Waals surface area contributed by atoms with Gasteiger partial charge in [-0.2, -0.15) is 23.7 Å². The zero-order valence-corrected chi connectivity index (χ0v) is 30.9. The van der Waals surface area contributed by atoms with Crippen LogP contribution in [0, 0.1) is 49.3 Å². The first-order chi connectivity index (χ1) is 28.5. The predicted octanol–water partition coefficient (Wildman–Crippen LogP) is 13.9. The first kappa shape index (κ1) is 36.0. The van der Waals surface area contributed by atoms with Gasteiger partial charge in [-0.1, -0.05) is 36.4 Å². The Labute approximate surface area is 335 Å². The van der Waals surface area contributed by atoms with Gasteiger partial charge >= 0.3 is 6.18 Å². The quantitative estimate of drug-likeness (QED) is 0.167. The van der Waals surface area contributed by atoms with Crippen molar-refractivity contribution in [1.29, 1.82) is 10.5 Å². The highest BCUT2D eigenvalue weighted by Gasteiger charge is 2.31. The summed E-state index contributed by atoms with van der Waals surface area (Å²) in [7, 11) is 0. The molecular weight excluding hydrogens is 744 g/mol. The van der Waals surface area contributed by atoms with E-state index in [0.717, 1.165) is 55.7 Å². The molecular formula is C49H24F3N7. The minimum Gasteiger partial charge on any atom is -0.309 e. The molecule has 0 radical (unpaired) electrons. The Balaban J connectivity index is 1.42. The van der Waals surface area contributed by atoms with E-state index in [2.05, 4.69) is 26.7 Å². The summed E-state index contributed by atoms with van der Waals surface area (Å²) in [5, 5.41) is 22.7. The first-order valence-corrected chi connectivity index (χ1v) is 18.1. The molecule has 9 aromatic rings. The van der Waals surface area contributed by atoms with Gasteiger partial charge in [0.15, 0.2) is 17.1 Å². The van der Waals surface area contributed by atoms with Crippen molar-refractivity contribution in [3.05, 3.63) is 184 Å². The molecule has 7 nitrogen and oxygen atoms in total. The third-order valence-electron chi connectivity index (χ3n) is 10.8. The average molecular weight is 768 g/mol. The van der Waals surface area contributed by atoms with Crippen molar-refractivity contribution < 1.29 is 13.2 Å². The molecule has 7 aromatic carbocycles. The molecule has 2 heterocycles. The molecule has 9 rings (SSSR count). The fourth-order valence-corrected chi connectivity index (χ4v) is 8.10. The molecule has 0 amide bonds. The van der Waals surface area contributed by atoms with Crippen LogP contribution in [0.3, 0.4) is 0 Å². The van der Waals surface area contributed by atoms with Gasteiger partial charge < -0.3 is 9.13 Å². The number of nitrogens with zero attached hydrogens (tertiary/aromatic N) is 7. The number of hydrogen-bond acceptors (Lipinski definition) is 2. The SMILES string of the molecule is [C-]#[N+]c1ccc(-n2c3ccc(C#N)cc3c3cc(C#N)ccc32)c(-c2ccc(-c3ccc(C(F)(F)F)cc3C)cc2-n2c3ccc([N+]#[C-])cc3c3cc([N+]#[C-])ccc32)c1. The van der Waals surface area contributed by atoms with Crippen molar-refractivity contribution >= 4 is 60.7 Å². The van der Waals surface area contributed by atoms with Gasteiger partial charge in [-0.3, -0.25) is 0 Å². The van der Waals surface area contributed by atoms with Crippen LogP contribution in [0.15, 0.2) is 127 Å². The van der Waals surface area contributed by atoms with Crippen LogP contribution in [0.25, 0.3) is 91.8 Å². The van der Waals surface area contributed by atoms with Gasteiger partial charge in [0, 0.05) is 16.3 Å². The number of aryl methyl sites for hydroxylation is 1. The fourth-order valence-electron chi connectivity index (χ4n) is 8.10. The second kappa shape index (κ2) is 13.5. The summed E-state index contributed by atoms with van der Waals surface area (Å²) in [5.41, 5.74) is 8.66. The van der Waals surface area contributed by atoms with Gasteiger partial charge in [-0.15, -0.1) is 0 Å². The Morgan fingerprint density at radius 1 is 0.492 bits per heavy atom. The van der Waals surface area contributed by atoms with E-state index in [9.17, 15) is 23.7 Å².